The third-order valence-corrected chi connectivity index (χ3v) is 3.74. The van der Waals surface area contributed by atoms with Crippen molar-refractivity contribution in [2.24, 2.45) is 0 Å². The van der Waals surface area contributed by atoms with Crippen LogP contribution in [0.15, 0.2) is 36.5 Å². The van der Waals surface area contributed by atoms with Crippen molar-refractivity contribution < 1.29 is 9.90 Å². The fourth-order valence-electron chi connectivity index (χ4n) is 2.37. The molecule has 2 aromatic rings. The Labute approximate surface area is 137 Å². The Kier molecular flexibility index (Phi) is 5.82. The van der Waals surface area contributed by atoms with Crippen molar-refractivity contribution in [3.05, 3.63) is 59.2 Å². The van der Waals surface area contributed by atoms with Gasteiger partial charge in [-0.15, -0.1) is 0 Å². The highest BCUT2D eigenvalue weighted by Crippen LogP contribution is 2.13. The Morgan fingerprint density at radius 1 is 1.26 bits per heavy atom. The summed E-state index contributed by atoms with van der Waals surface area (Å²) in [7, 11) is 0. The van der Waals surface area contributed by atoms with Gasteiger partial charge in [-0.25, -0.2) is 9.97 Å². The van der Waals surface area contributed by atoms with Gasteiger partial charge in [0, 0.05) is 19.3 Å². The van der Waals surface area contributed by atoms with E-state index >= 15 is 0 Å². The van der Waals surface area contributed by atoms with E-state index in [-0.39, 0.29) is 12.5 Å². The highest BCUT2D eigenvalue weighted by molar-refractivity contribution is 5.94. The number of aromatic nitrogens is 2. The third kappa shape index (κ3) is 4.60. The van der Waals surface area contributed by atoms with Crippen LogP contribution in [0.5, 0.6) is 0 Å². The van der Waals surface area contributed by atoms with E-state index in [4.69, 9.17) is 0 Å². The topological polar surface area (TPSA) is 66.3 Å². The van der Waals surface area contributed by atoms with Gasteiger partial charge in [-0.1, -0.05) is 37.3 Å². The fraction of sp³-hybridized carbons (Fsp3) is 0.389. The van der Waals surface area contributed by atoms with Crippen LogP contribution in [-0.2, 0) is 6.54 Å². The quantitative estimate of drug-likeness (QED) is 0.890. The number of rotatable bonds is 6. The summed E-state index contributed by atoms with van der Waals surface area (Å²) in [5.74, 6) is 0.487. The molecule has 0 aliphatic rings. The number of aliphatic hydroxyl groups excluding tert-OH is 1. The standard InChI is InChI=1S/C18H23N3O2/c1-4-16(22)12-21(11-15-8-6-5-7-9-15)18(23)17-10-19-14(3)20-13(17)2/h5-10,16,22H,4,11-12H2,1-3H3. The van der Waals surface area contributed by atoms with Crippen LogP contribution in [0.3, 0.4) is 0 Å². The van der Waals surface area contributed by atoms with Crippen molar-refractivity contribution in [2.75, 3.05) is 6.54 Å². The molecule has 1 aromatic carbocycles. The first-order chi connectivity index (χ1) is 11.0. The molecule has 1 unspecified atom stereocenters. The molecule has 1 N–H and O–H groups in total. The van der Waals surface area contributed by atoms with E-state index in [0.29, 0.717) is 30.0 Å². The number of hydrogen-bond acceptors (Lipinski definition) is 4. The molecule has 2 rings (SSSR count). The molecular weight excluding hydrogens is 290 g/mol. The highest BCUT2D eigenvalue weighted by atomic mass is 16.3. The molecule has 5 heteroatoms. The van der Waals surface area contributed by atoms with Crippen LogP contribution in [0.4, 0.5) is 0 Å². The van der Waals surface area contributed by atoms with Gasteiger partial charge in [0.05, 0.1) is 17.4 Å². The van der Waals surface area contributed by atoms with Crippen molar-refractivity contribution in [1.82, 2.24) is 14.9 Å². The third-order valence-electron chi connectivity index (χ3n) is 3.74. The summed E-state index contributed by atoms with van der Waals surface area (Å²) in [6, 6.07) is 9.76. The van der Waals surface area contributed by atoms with E-state index in [1.165, 1.54) is 0 Å². The van der Waals surface area contributed by atoms with E-state index in [0.717, 1.165) is 5.56 Å². The average Bonchev–Trinajstić information content (AvgIpc) is 2.54. The second-order valence-corrected chi connectivity index (χ2v) is 5.65. The van der Waals surface area contributed by atoms with Crippen LogP contribution < -0.4 is 0 Å². The maximum absolute atomic E-state index is 12.9. The first-order valence-electron chi connectivity index (χ1n) is 7.82. The molecule has 0 spiro atoms. The van der Waals surface area contributed by atoms with Crippen LogP contribution in [0, 0.1) is 13.8 Å². The van der Waals surface area contributed by atoms with Crippen molar-refractivity contribution in [3.8, 4) is 0 Å². The van der Waals surface area contributed by atoms with Gasteiger partial charge < -0.3 is 10.0 Å². The van der Waals surface area contributed by atoms with Crippen LogP contribution in [0.1, 0.15) is 40.8 Å². The molecule has 0 saturated heterocycles. The van der Waals surface area contributed by atoms with Gasteiger partial charge in [-0.05, 0) is 25.8 Å². The summed E-state index contributed by atoms with van der Waals surface area (Å²) in [6.45, 7) is 6.24. The van der Waals surface area contributed by atoms with Gasteiger partial charge in [-0.3, -0.25) is 4.79 Å². The lowest BCUT2D eigenvalue weighted by Gasteiger charge is -2.25. The Bertz CT molecular complexity index is 659. The first-order valence-corrected chi connectivity index (χ1v) is 7.82. The Hall–Kier alpha value is -2.27. The summed E-state index contributed by atoms with van der Waals surface area (Å²) < 4.78 is 0. The molecule has 0 fully saturated rings. The van der Waals surface area contributed by atoms with Crippen molar-refractivity contribution in [2.45, 2.75) is 39.8 Å². The highest BCUT2D eigenvalue weighted by Gasteiger charge is 2.21. The van der Waals surface area contributed by atoms with Crippen LogP contribution in [0.25, 0.3) is 0 Å². The monoisotopic (exact) mass is 313 g/mol. The number of benzene rings is 1. The fourth-order valence-corrected chi connectivity index (χ4v) is 2.37. The van der Waals surface area contributed by atoms with Crippen LogP contribution in [0.2, 0.25) is 0 Å². The van der Waals surface area contributed by atoms with Gasteiger partial charge in [0.25, 0.3) is 5.91 Å². The van der Waals surface area contributed by atoms with Crippen molar-refractivity contribution in [1.29, 1.82) is 0 Å². The molecule has 1 atom stereocenters. The summed E-state index contributed by atoms with van der Waals surface area (Å²) in [5, 5.41) is 9.99. The lowest BCUT2D eigenvalue weighted by atomic mass is 10.1. The van der Waals surface area contributed by atoms with E-state index in [9.17, 15) is 9.90 Å². The number of hydrogen-bond donors (Lipinski definition) is 1. The minimum atomic E-state index is -0.547. The predicted molar refractivity (Wildman–Crippen MR) is 89.0 cm³/mol. The summed E-state index contributed by atoms with van der Waals surface area (Å²) in [4.78, 5) is 22.9. The van der Waals surface area contributed by atoms with Gasteiger partial charge in [0.1, 0.15) is 5.82 Å². The minimum absolute atomic E-state index is 0.154. The molecule has 1 heterocycles. The maximum Gasteiger partial charge on any atom is 0.257 e. The second kappa shape index (κ2) is 7.83. The lowest BCUT2D eigenvalue weighted by molar-refractivity contribution is 0.0597. The molecule has 0 aliphatic carbocycles. The SMILES string of the molecule is CCC(O)CN(Cc1ccccc1)C(=O)c1cnc(C)nc1C. The van der Waals surface area contributed by atoms with Crippen molar-refractivity contribution >= 4 is 5.91 Å². The smallest absolute Gasteiger partial charge is 0.257 e. The van der Waals surface area contributed by atoms with Gasteiger partial charge in [0.2, 0.25) is 0 Å². The van der Waals surface area contributed by atoms with Crippen LogP contribution >= 0.6 is 0 Å². The molecular formula is C18H23N3O2. The molecule has 23 heavy (non-hydrogen) atoms. The van der Waals surface area contributed by atoms with Gasteiger partial charge in [-0.2, -0.15) is 0 Å². The van der Waals surface area contributed by atoms with Crippen LogP contribution in [-0.4, -0.2) is 38.5 Å². The number of carbonyl (C=O) groups excluding carboxylic acids is 1. The summed E-state index contributed by atoms with van der Waals surface area (Å²) in [5.41, 5.74) is 2.16. The van der Waals surface area contributed by atoms with E-state index < -0.39 is 6.10 Å². The summed E-state index contributed by atoms with van der Waals surface area (Å²) >= 11 is 0. The largest absolute Gasteiger partial charge is 0.391 e. The number of carbonyl (C=O) groups is 1. The molecule has 1 aromatic heterocycles. The number of aliphatic hydroxyl groups is 1. The Morgan fingerprint density at radius 2 is 1.96 bits per heavy atom. The second-order valence-electron chi connectivity index (χ2n) is 5.65. The summed E-state index contributed by atoms with van der Waals surface area (Å²) in [6.07, 6.45) is 1.62. The molecule has 0 saturated carbocycles. The van der Waals surface area contributed by atoms with Gasteiger partial charge >= 0.3 is 0 Å². The zero-order chi connectivity index (χ0) is 16.8. The van der Waals surface area contributed by atoms with Gasteiger partial charge in [0.15, 0.2) is 0 Å². The molecule has 122 valence electrons. The molecule has 0 aliphatic heterocycles. The number of amides is 1. The van der Waals surface area contributed by atoms with E-state index in [2.05, 4.69) is 9.97 Å². The molecule has 0 radical (unpaired) electrons. The average molecular weight is 313 g/mol. The van der Waals surface area contributed by atoms with E-state index in [1.54, 1.807) is 24.9 Å². The number of nitrogens with zero attached hydrogens (tertiary/aromatic N) is 3. The Morgan fingerprint density at radius 3 is 2.57 bits per heavy atom. The van der Waals surface area contributed by atoms with E-state index in [1.807, 2.05) is 37.3 Å². The molecule has 5 nitrogen and oxygen atoms in total. The predicted octanol–water partition coefficient (Wildman–Crippen LogP) is 2.51. The molecule has 1 amide bonds. The lowest BCUT2D eigenvalue weighted by Crippen LogP contribution is -2.37. The number of aryl methyl sites for hydroxylation is 2. The Balaban J connectivity index is 2.26. The molecule has 0 bridgehead atoms. The first kappa shape index (κ1) is 17.1. The zero-order valence-electron chi connectivity index (χ0n) is 13.9. The minimum Gasteiger partial charge on any atom is -0.391 e. The van der Waals surface area contributed by atoms with Crippen molar-refractivity contribution in [3.63, 3.8) is 0 Å². The zero-order valence-corrected chi connectivity index (χ0v) is 13.9. The maximum atomic E-state index is 12.9. The normalized spacial score (nSPS) is 12.0.